The standard InChI is InChI=1S/C27H32N2O4Si.C20H27NOSi.C19H21NO3.C18H19NO2.C14H13NO.C13H11N.C4H10O.CH3F.CH4O.BF3/c1-27(2,3)34(4,5)33-17-23-20-9-7-6-8-19(20)21-11-10-18(16-22(21)23)28-24(30)14-15-29-25(31)12-13-26(29)32;1-20(2,3)23(4,5)22-13-19-16-9-7-6-8-15(16)17-11-10-14(21)12-18(17)19;1-19(2,3)23-18(22)20-12-8-9-15-13-6-4-5-7-14(13)17(11-21)16(15)10-12;1-18(2,3)21-17(20)19-14-8-9-16-13(11-14)10-12-6-4-5-7-15(12)16;15-9-5-6-12-10-3-1-2-4-11(10)14(8-16)13(12)7-9;14-11-5-6-13-10(8-11)7-9-3-1-2-4-12(9)13;1-3-5-4-2;2*1-2;2-1(3)4/h6-13,16,23H,14-15,17H2,1-5H3,(H,28,30);6-12,19H,13,21H2,1-5H3;4-10,17,21H,11H2,1-3H3,(H,20,22);4-9,11H,10H2,1-3H3,(H,19,20);1-7,14,16H,8,15H2;1-6,8H,7,14H2;3-4H2,1-2H3;1H3;2H,1H3;/i;;;;;;;1D;;. The lowest BCUT2D eigenvalue weighted by molar-refractivity contribution is -0.137. The number of anilines is 6. The SMILES string of the molecule is CC(C)(C)OC(=O)Nc1ccc2c(c1)C(CO)c1ccccc1-2.CC(C)(C)OC(=O)Nc1ccc2c(c1)Cc1ccccc1-2.CC(C)(C)[Si](C)(C)OCC1c2ccccc2-c2ccc(N)cc21.CC(C)(C)[Si](C)(C)OCC1c2ccccc2-c2ccc(NC(=O)CCN3C(=O)C=CC3=O)cc21.CCOCC.CO.FB(F)F.Nc1ccc2c(c1)C(CO)c1ccccc1-2.Nc1ccc2c(c1)Cc1ccccc1-2.[2H]CF. The molecule has 0 saturated carbocycles. The van der Waals surface area contributed by atoms with Crippen molar-refractivity contribution in [1.29, 1.82) is 0 Å². The lowest BCUT2D eigenvalue weighted by Crippen LogP contribution is -2.41. The molecular formula is C117H140BF4N7O13Si2. The van der Waals surface area contributed by atoms with Gasteiger partial charge in [0, 0.05) is 116 Å². The van der Waals surface area contributed by atoms with Crippen LogP contribution in [0.2, 0.25) is 36.3 Å². The lowest BCUT2D eigenvalue weighted by atomic mass is 9.98. The molecule has 0 saturated heterocycles. The number of carbonyl (C=O) groups excluding carboxylic acids is 5. The fourth-order valence-electron chi connectivity index (χ4n) is 17.7. The maximum Gasteiger partial charge on any atom is 0.762 e. The molecule has 12 aromatic carbocycles. The van der Waals surface area contributed by atoms with Crippen molar-refractivity contribution in [2.45, 2.75) is 187 Å². The third kappa shape index (κ3) is 28.7. The number of aliphatic hydroxyl groups excluding tert-OH is 3. The molecule has 4 atom stereocenters. The van der Waals surface area contributed by atoms with Crippen LogP contribution in [0.1, 0.15) is 195 Å². The Bertz CT molecular complexity index is 6510. The zero-order chi connectivity index (χ0) is 106. The van der Waals surface area contributed by atoms with E-state index < -0.39 is 54.7 Å². The van der Waals surface area contributed by atoms with Gasteiger partial charge in [-0.05, 0) is 311 Å². The number of alkyl halides is 1. The van der Waals surface area contributed by atoms with E-state index in [0.717, 1.165) is 106 Å². The second-order valence-corrected chi connectivity index (χ2v) is 50.2. The average molecular weight is 2000 g/mol. The Balaban J connectivity index is 0.000000177. The van der Waals surface area contributed by atoms with E-state index >= 15 is 0 Å². The van der Waals surface area contributed by atoms with Gasteiger partial charge in [-0.15, -0.1) is 0 Å². The number of nitrogens with two attached hydrogens (primary N) is 3. The van der Waals surface area contributed by atoms with Crippen molar-refractivity contribution in [2.75, 3.05) is 93.6 Å². The number of aliphatic hydroxyl groups is 3. The molecule has 7 aliphatic rings. The minimum absolute atomic E-state index is 0.0416. The zero-order valence-electron chi connectivity index (χ0n) is 87.2. The number of fused-ring (bicyclic) bond motifs is 18. The van der Waals surface area contributed by atoms with Crippen LogP contribution < -0.4 is 33.2 Å². The summed E-state index contributed by atoms with van der Waals surface area (Å²) in [5.74, 6) is -0.578. The van der Waals surface area contributed by atoms with Crippen molar-refractivity contribution in [3.8, 4) is 66.8 Å². The Labute approximate surface area is 850 Å². The van der Waals surface area contributed by atoms with E-state index in [9.17, 15) is 51.5 Å². The molecule has 0 fully saturated rings. The fourth-order valence-corrected chi connectivity index (χ4v) is 19.8. The molecule has 6 aliphatic carbocycles. The molecule has 0 aromatic heterocycles. The molecule has 4 unspecified atom stereocenters. The van der Waals surface area contributed by atoms with Crippen molar-refractivity contribution >= 4 is 88.2 Å². The monoisotopic (exact) mass is 2000 g/mol. The van der Waals surface area contributed by atoms with Gasteiger partial charge in [0.2, 0.25) is 5.91 Å². The number of nitrogens with one attached hydrogen (secondary N) is 3. The van der Waals surface area contributed by atoms with Gasteiger partial charge in [-0.25, -0.2) is 9.59 Å². The molecular weight excluding hydrogens is 1850 g/mol. The molecule has 1 aliphatic heterocycles. The van der Waals surface area contributed by atoms with E-state index in [1.54, 1.807) is 0 Å². The minimum Gasteiger partial charge on any atom is -0.444 e. The largest absolute Gasteiger partial charge is 0.762 e. The molecule has 27 heteroatoms. The fraction of sp³-hybridized carbons (Fsp3) is 0.325. The van der Waals surface area contributed by atoms with Gasteiger partial charge in [0.25, 0.3) is 11.8 Å². The number of benzene rings is 12. The van der Waals surface area contributed by atoms with Gasteiger partial charge >= 0.3 is 19.7 Å². The molecule has 0 radical (unpaired) electrons. The molecule has 760 valence electrons. The summed E-state index contributed by atoms with van der Waals surface area (Å²) in [7, 11) is -7.35. The van der Waals surface area contributed by atoms with E-state index in [0.29, 0.717) is 23.9 Å². The smallest absolute Gasteiger partial charge is 0.444 e. The van der Waals surface area contributed by atoms with Crippen LogP contribution >= 0.6 is 0 Å². The number of hydrogen-bond acceptors (Lipinski definition) is 16. The van der Waals surface area contributed by atoms with Crippen molar-refractivity contribution in [3.63, 3.8) is 0 Å². The summed E-state index contributed by atoms with van der Waals surface area (Å²) in [6, 6.07) is 86.4. The van der Waals surface area contributed by atoms with Gasteiger partial charge in [0.05, 0.1) is 21.7 Å². The topological polar surface area (TPSA) is 310 Å². The first-order valence-corrected chi connectivity index (χ1v) is 54.3. The molecule has 12 aromatic rings. The molecule has 0 spiro atoms. The highest BCUT2D eigenvalue weighted by molar-refractivity contribution is 6.74. The maximum atomic E-state index is 12.6. The van der Waals surface area contributed by atoms with Crippen molar-refractivity contribution in [2.24, 2.45) is 0 Å². The van der Waals surface area contributed by atoms with Crippen LogP contribution in [0.3, 0.4) is 0 Å². The number of amides is 5. The number of nitrogen functional groups attached to an aromatic ring is 3. The van der Waals surface area contributed by atoms with Gasteiger partial charge in [0.1, 0.15) is 11.2 Å². The first kappa shape index (κ1) is 111. The molecule has 5 amide bonds. The van der Waals surface area contributed by atoms with E-state index in [-0.39, 0.29) is 71.7 Å². The molecule has 19 rings (SSSR count). The van der Waals surface area contributed by atoms with E-state index in [4.69, 9.17) is 46.7 Å². The van der Waals surface area contributed by atoms with Crippen molar-refractivity contribution in [1.82, 2.24) is 4.90 Å². The van der Waals surface area contributed by atoms with Crippen LogP contribution in [0.25, 0.3) is 66.8 Å². The Kier molecular flexibility index (Phi) is 38.6. The molecule has 1 heterocycles. The van der Waals surface area contributed by atoms with Crippen LogP contribution in [0.15, 0.2) is 267 Å². The number of ether oxygens (including phenoxy) is 3. The molecule has 0 bridgehead atoms. The number of rotatable bonds is 16. The van der Waals surface area contributed by atoms with Crippen molar-refractivity contribution < 1.29 is 81.1 Å². The maximum absolute atomic E-state index is 12.6. The van der Waals surface area contributed by atoms with Gasteiger partial charge in [-0.1, -0.05) is 224 Å². The third-order valence-electron chi connectivity index (χ3n) is 26.5. The predicted octanol–water partition coefficient (Wildman–Crippen LogP) is 26.6. The average Bonchev–Trinajstić information content (AvgIpc) is 1.61. The highest BCUT2D eigenvalue weighted by Gasteiger charge is 2.42. The summed E-state index contributed by atoms with van der Waals surface area (Å²) in [6.07, 6.45) is 3.54. The number of halogens is 4. The van der Waals surface area contributed by atoms with Crippen LogP contribution in [-0.4, -0.2) is 146 Å². The normalized spacial score (nSPS) is 14.8. The number of hydrogen-bond donors (Lipinski definition) is 9. The predicted molar refractivity (Wildman–Crippen MR) is 583 cm³/mol. The second-order valence-electron chi connectivity index (χ2n) is 40.6. The molecule has 144 heavy (non-hydrogen) atoms. The summed E-state index contributed by atoms with van der Waals surface area (Å²) in [5.41, 5.74) is 51.0. The van der Waals surface area contributed by atoms with Crippen LogP contribution in [-0.2, 0) is 50.3 Å². The summed E-state index contributed by atoms with van der Waals surface area (Å²) in [5, 5.41) is 35.1. The summed E-state index contributed by atoms with van der Waals surface area (Å²) in [4.78, 5) is 60.8. The van der Waals surface area contributed by atoms with Gasteiger partial charge in [0.15, 0.2) is 16.6 Å². The van der Waals surface area contributed by atoms with Gasteiger partial charge in [-0.3, -0.25) is 47.3 Å². The first-order valence-electron chi connectivity index (χ1n) is 49.2. The molecule has 12 N–H and O–H groups in total. The lowest BCUT2D eigenvalue weighted by Gasteiger charge is -2.37. The third-order valence-corrected chi connectivity index (χ3v) is 35.5. The Morgan fingerprint density at radius 1 is 0.403 bits per heavy atom. The number of nitrogens with zero attached hydrogens (tertiary/aromatic N) is 1. The van der Waals surface area contributed by atoms with Crippen LogP contribution in [0.4, 0.5) is 61.1 Å². The Morgan fingerprint density at radius 3 is 1.03 bits per heavy atom. The van der Waals surface area contributed by atoms with E-state index in [1.807, 2.05) is 171 Å². The van der Waals surface area contributed by atoms with Crippen molar-refractivity contribution in [3.05, 3.63) is 334 Å². The van der Waals surface area contributed by atoms with Crippen LogP contribution in [0.5, 0.6) is 0 Å². The highest BCUT2D eigenvalue weighted by Crippen LogP contribution is 2.52. The number of carbonyl (C=O) groups is 5. The Morgan fingerprint density at radius 2 is 0.681 bits per heavy atom. The van der Waals surface area contributed by atoms with E-state index in [2.05, 4.69) is 223 Å². The highest BCUT2D eigenvalue weighted by atomic mass is 28.4. The summed E-state index contributed by atoms with van der Waals surface area (Å²) in [6.45, 7) is 41.0. The summed E-state index contributed by atoms with van der Waals surface area (Å²) < 4.78 is 73.0. The van der Waals surface area contributed by atoms with Gasteiger partial charge < -0.3 is 60.9 Å². The zero-order valence-corrected chi connectivity index (χ0v) is 88.2. The van der Waals surface area contributed by atoms with Gasteiger partial charge in [-0.2, -0.15) is 0 Å². The molecule has 20 nitrogen and oxygen atoms in total. The summed E-state index contributed by atoms with van der Waals surface area (Å²) >= 11 is 0. The van der Waals surface area contributed by atoms with E-state index in [1.165, 1.54) is 107 Å². The Hall–Kier alpha value is -13.1. The quantitative estimate of drug-likeness (QED) is 0.0188. The van der Waals surface area contributed by atoms with Crippen LogP contribution in [0, 0.1) is 0 Å². The second kappa shape index (κ2) is 49.9. The first-order chi connectivity index (χ1) is 68.7. The minimum atomic E-state index is -3.67. The number of imide groups is 1.